The molecule has 0 spiro atoms. The number of nitrogens with zero attached hydrogens (tertiary/aromatic N) is 1. The summed E-state index contributed by atoms with van der Waals surface area (Å²) in [4.78, 5) is 4.00. The summed E-state index contributed by atoms with van der Waals surface area (Å²) in [5.74, 6) is -0.979. The van der Waals surface area contributed by atoms with Gasteiger partial charge in [-0.25, -0.2) is 17.2 Å². The van der Waals surface area contributed by atoms with Crippen LogP contribution in [0.15, 0.2) is 27.7 Å². The molecule has 0 aliphatic carbocycles. The van der Waals surface area contributed by atoms with Gasteiger partial charge in [0.25, 0.3) is 0 Å². The summed E-state index contributed by atoms with van der Waals surface area (Å²) in [7, 11) is -4.28. The molecule has 1 heterocycles. The monoisotopic (exact) mass is 380 g/mol. The summed E-state index contributed by atoms with van der Waals surface area (Å²) in [5, 5.41) is 0. The SMILES string of the molecule is CC1(C)C(N)=N[C@](C)(c2cc(Br)ccc2F)C(F)S1(=O)=O. The zero-order valence-corrected chi connectivity index (χ0v) is 14.1. The minimum absolute atomic E-state index is 0.161. The quantitative estimate of drug-likeness (QED) is 0.813. The minimum atomic E-state index is -4.28. The third-order valence-corrected chi connectivity index (χ3v) is 7.00. The van der Waals surface area contributed by atoms with E-state index in [0.29, 0.717) is 4.47 Å². The predicted octanol–water partition coefficient (Wildman–Crippen LogP) is 2.66. The van der Waals surface area contributed by atoms with Crippen LogP contribution in [0.25, 0.3) is 0 Å². The number of aliphatic imine (C=N–C) groups is 1. The van der Waals surface area contributed by atoms with Crippen molar-refractivity contribution < 1.29 is 17.2 Å². The van der Waals surface area contributed by atoms with Gasteiger partial charge in [0, 0.05) is 10.0 Å². The van der Waals surface area contributed by atoms with E-state index in [4.69, 9.17) is 5.73 Å². The van der Waals surface area contributed by atoms with E-state index in [9.17, 15) is 17.2 Å². The molecule has 8 heteroatoms. The van der Waals surface area contributed by atoms with Gasteiger partial charge in [-0.05, 0) is 39.0 Å². The van der Waals surface area contributed by atoms with Crippen LogP contribution in [0, 0.1) is 5.82 Å². The van der Waals surface area contributed by atoms with Gasteiger partial charge in [0.1, 0.15) is 21.9 Å². The average molecular weight is 381 g/mol. The number of nitrogens with two attached hydrogens (primary N) is 1. The summed E-state index contributed by atoms with van der Waals surface area (Å²) >= 11 is 3.15. The second-order valence-electron chi connectivity index (χ2n) is 5.64. The number of rotatable bonds is 1. The minimum Gasteiger partial charge on any atom is -0.386 e. The van der Waals surface area contributed by atoms with E-state index in [1.807, 2.05) is 0 Å². The first-order valence-electron chi connectivity index (χ1n) is 6.13. The van der Waals surface area contributed by atoms with Gasteiger partial charge in [-0.3, -0.25) is 4.99 Å². The lowest BCUT2D eigenvalue weighted by atomic mass is 9.92. The van der Waals surface area contributed by atoms with Crippen LogP contribution in [0.3, 0.4) is 0 Å². The van der Waals surface area contributed by atoms with Crippen LogP contribution in [0.5, 0.6) is 0 Å². The van der Waals surface area contributed by atoms with Crippen LogP contribution in [0.1, 0.15) is 26.3 Å². The van der Waals surface area contributed by atoms with Gasteiger partial charge >= 0.3 is 0 Å². The Kier molecular flexibility index (Phi) is 3.69. The van der Waals surface area contributed by atoms with Gasteiger partial charge in [0.05, 0.1) is 0 Å². The Hall–Kier alpha value is -1.02. The zero-order valence-electron chi connectivity index (χ0n) is 11.7. The van der Waals surface area contributed by atoms with Crippen LogP contribution in [-0.4, -0.2) is 24.5 Å². The molecule has 0 bridgehead atoms. The fourth-order valence-electron chi connectivity index (χ4n) is 2.21. The van der Waals surface area contributed by atoms with E-state index < -0.39 is 31.4 Å². The fraction of sp³-hybridized carbons (Fsp3) is 0.462. The van der Waals surface area contributed by atoms with Gasteiger partial charge in [-0.2, -0.15) is 0 Å². The summed E-state index contributed by atoms with van der Waals surface area (Å²) < 4.78 is 52.4. The molecule has 0 aromatic heterocycles. The summed E-state index contributed by atoms with van der Waals surface area (Å²) in [5.41, 5.74) is 1.24. The molecule has 0 fully saturated rings. The third kappa shape index (κ3) is 2.19. The first-order valence-corrected chi connectivity index (χ1v) is 8.47. The van der Waals surface area contributed by atoms with Crippen LogP contribution >= 0.6 is 15.9 Å². The number of halogens is 3. The van der Waals surface area contributed by atoms with E-state index in [0.717, 1.165) is 6.07 Å². The van der Waals surface area contributed by atoms with Crippen LogP contribution in [-0.2, 0) is 15.4 Å². The molecular formula is C13H15BrF2N2O2S. The molecule has 0 saturated carbocycles. The lowest BCUT2D eigenvalue weighted by molar-refractivity contribution is 0.267. The van der Waals surface area contributed by atoms with E-state index in [1.54, 1.807) is 0 Å². The topological polar surface area (TPSA) is 72.5 Å². The molecule has 2 atom stereocenters. The highest BCUT2D eigenvalue weighted by Gasteiger charge is 2.57. The molecular weight excluding hydrogens is 366 g/mol. The van der Waals surface area contributed by atoms with Gasteiger partial charge in [0.15, 0.2) is 9.84 Å². The van der Waals surface area contributed by atoms with Crippen molar-refractivity contribution >= 4 is 31.6 Å². The largest absolute Gasteiger partial charge is 0.386 e. The highest BCUT2D eigenvalue weighted by atomic mass is 79.9. The molecule has 2 rings (SSSR count). The number of sulfone groups is 1. The van der Waals surface area contributed by atoms with Crippen molar-refractivity contribution in [1.29, 1.82) is 0 Å². The van der Waals surface area contributed by atoms with Crippen molar-refractivity contribution in [2.24, 2.45) is 10.7 Å². The molecule has 21 heavy (non-hydrogen) atoms. The maximum atomic E-state index is 14.7. The molecule has 1 aromatic rings. The maximum Gasteiger partial charge on any atom is 0.230 e. The Labute approximate surface area is 130 Å². The first-order chi connectivity index (χ1) is 9.44. The Morgan fingerprint density at radius 2 is 1.90 bits per heavy atom. The van der Waals surface area contributed by atoms with Crippen molar-refractivity contribution in [3.8, 4) is 0 Å². The van der Waals surface area contributed by atoms with E-state index in [1.165, 1.54) is 32.9 Å². The van der Waals surface area contributed by atoms with Gasteiger partial charge in [0.2, 0.25) is 5.50 Å². The maximum absolute atomic E-state index is 14.7. The Bertz CT molecular complexity index is 734. The van der Waals surface area contributed by atoms with Gasteiger partial charge in [-0.1, -0.05) is 15.9 Å². The molecule has 0 radical (unpaired) electrons. The van der Waals surface area contributed by atoms with Crippen molar-refractivity contribution in [3.05, 3.63) is 34.1 Å². The predicted molar refractivity (Wildman–Crippen MR) is 81.0 cm³/mol. The van der Waals surface area contributed by atoms with Gasteiger partial charge < -0.3 is 5.73 Å². The number of alkyl halides is 1. The lowest BCUT2D eigenvalue weighted by Crippen LogP contribution is -2.58. The standard InChI is InChI=1S/C13H15BrF2N2O2S/c1-12(2)11(17)18-13(3,10(16)21(12,19)20)8-6-7(14)4-5-9(8)15/h4-6,10H,1-3H3,(H2,17,18)/t10?,13-/m1/s1. The van der Waals surface area contributed by atoms with Crippen molar-refractivity contribution in [3.63, 3.8) is 0 Å². The van der Waals surface area contributed by atoms with Crippen molar-refractivity contribution in [1.82, 2.24) is 0 Å². The number of hydrogen-bond acceptors (Lipinski definition) is 4. The molecule has 0 saturated heterocycles. The Balaban J connectivity index is 2.79. The molecule has 1 aliphatic rings. The second kappa shape index (κ2) is 4.74. The lowest BCUT2D eigenvalue weighted by Gasteiger charge is -2.40. The number of benzene rings is 1. The average Bonchev–Trinajstić information content (AvgIpc) is 2.38. The Morgan fingerprint density at radius 3 is 2.48 bits per heavy atom. The van der Waals surface area contributed by atoms with Crippen molar-refractivity contribution in [2.75, 3.05) is 0 Å². The molecule has 1 aliphatic heterocycles. The van der Waals surface area contributed by atoms with Crippen LogP contribution in [0.2, 0.25) is 0 Å². The van der Waals surface area contributed by atoms with Gasteiger partial charge in [-0.15, -0.1) is 0 Å². The molecule has 0 amide bonds. The highest BCUT2D eigenvalue weighted by molar-refractivity contribution is 9.10. The first kappa shape index (κ1) is 16.4. The number of amidine groups is 1. The Morgan fingerprint density at radius 1 is 1.33 bits per heavy atom. The van der Waals surface area contributed by atoms with Crippen LogP contribution in [0.4, 0.5) is 8.78 Å². The molecule has 116 valence electrons. The second-order valence-corrected chi connectivity index (χ2v) is 9.08. The molecule has 2 N–H and O–H groups in total. The fourth-order valence-corrected chi connectivity index (χ4v) is 4.21. The summed E-state index contributed by atoms with van der Waals surface area (Å²) in [6, 6.07) is 3.87. The normalized spacial score (nSPS) is 30.8. The van der Waals surface area contributed by atoms with Crippen LogP contribution < -0.4 is 5.73 Å². The summed E-state index contributed by atoms with van der Waals surface area (Å²) in [6.07, 6.45) is 0. The van der Waals surface area contributed by atoms with E-state index in [2.05, 4.69) is 20.9 Å². The number of hydrogen-bond donors (Lipinski definition) is 1. The molecule has 1 unspecified atom stereocenters. The highest BCUT2D eigenvalue weighted by Crippen LogP contribution is 2.44. The molecule has 1 aromatic carbocycles. The summed E-state index contributed by atoms with van der Waals surface area (Å²) in [6.45, 7) is 3.79. The molecule has 4 nitrogen and oxygen atoms in total. The smallest absolute Gasteiger partial charge is 0.230 e. The third-order valence-electron chi connectivity index (χ3n) is 3.87. The van der Waals surface area contributed by atoms with E-state index in [-0.39, 0.29) is 11.4 Å². The zero-order chi connectivity index (χ0) is 16.2. The van der Waals surface area contributed by atoms with E-state index >= 15 is 0 Å². The van der Waals surface area contributed by atoms with Crippen molar-refractivity contribution in [2.45, 2.75) is 36.6 Å².